The van der Waals surface area contributed by atoms with Crippen molar-refractivity contribution >= 4 is 18.2 Å². The maximum Gasteiger partial charge on any atom is 0.317 e. The molecule has 1 aliphatic heterocycles. The number of nitrogens with zero attached hydrogens (tertiary/aromatic N) is 1. The van der Waals surface area contributed by atoms with Gasteiger partial charge in [-0.3, -0.25) is 24.5 Å². The number of aliphatic carboxylic acids is 1. The van der Waals surface area contributed by atoms with Gasteiger partial charge in [-0.25, -0.2) is 0 Å². The lowest BCUT2D eigenvalue weighted by Crippen LogP contribution is -2.35. The Hall–Kier alpha value is -1.63. The molecule has 0 radical (unpaired) electrons. The third-order valence-electron chi connectivity index (χ3n) is 3.22. The minimum atomic E-state index is -1.26. The number of nitrogens with one attached hydrogen (secondary N) is 2. The maximum atomic E-state index is 11.2. The second-order valence-corrected chi connectivity index (χ2v) is 5.29. The first-order valence-electron chi connectivity index (χ1n) is 6.73. The molecule has 1 saturated heterocycles. The second kappa shape index (κ2) is 7.77. The van der Waals surface area contributed by atoms with E-state index < -0.39 is 30.5 Å². The number of aliphatic hydroxyl groups is 2. The SMILES string of the molecule is O=C(O)CNCOC[C@@H]1O[C@H](n2ccc(=O)[nH]c2=S)C(O)C1O. The van der Waals surface area contributed by atoms with Gasteiger partial charge in [-0.15, -0.1) is 0 Å². The molecule has 128 valence electrons. The third kappa shape index (κ3) is 4.43. The van der Waals surface area contributed by atoms with Crippen LogP contribution in [0.1, 0.15) is 6.23 Å². The summed E-state index contributed by atoms with van der Waals surface area (Å²) in [7, 11) is 0. The summed E-state index contributed by atoms with van der Waals surface area (Å²) in [6.45, 7) is -0.360. The van der Waals surface area contributed by atoms with Crippen LogP contribution in [0.4, 0.5) is 0 Å². The van der Waals surface area contributed by atoms with Gasteiger partial charge < -0.3 is 24.8 Å². The van der Waals surface area contributed by atoms with Crippen LogP contribution in [0, 0.1) is 4.77 Å². The normalized spacial score (nSPS) is 27.2. The van der Waals surface area contributed by atoms with Gasteiger partial charge in [-0.1, -0.05) is 0 Å². The van der Waals surface area contributed by atoms with E-state index in [9.17, 15) is 19.8 Å². The number of aliphatic hydroxyl groups excluding tert-OH is 2. The van der Waals surface area contributed by atoms with Crippen LogP contribution in [0.15, 0.2) is 17.1 Å². The second-order valence-electron chi connectivity index (χ2n) is 4.90. The van der Waals surface area contributed by atoms with Gasteiger partial charge in [0.25, 0.3) is 5.56 Å². The van der Waals surface area contributed by atoms with E-state index in [1.165, 1.54) is 16.8 Å². The lowest BCUT2D eigenvalue weighted by molar-refractivity contribution is -0.136. The standard InChI is InChI=1S/C12H17N3O7S/c16-7-1-2-15(12(23)14-7)11-10(20)9(19)6(22-11)4-21-5-13-3-8(17)18/h1-2,6,9-11,13,19-20H,3-5H2,(H,17,18)(H,14,16,23)/t6-,9?,10?,11-/m0/s1. The molecule has 0 saturated carbocycles. The van der Waals surface area contributed by atoms with E-state index in [1.54, 1.807) is 0 Å². The molecule has 1 aromatic heterocycles. The van der Waals surface area contributed by atoms with Gasteiger partial charge in [-0.05, 0) is 12.2 Å². The Bertz CT molecular complexity index is 661. The number of carbonyl (C=O) groups is 1. The highest BCUT2D eigenvalue weighted by atomic mass is 32.1. The zero-order valence-electron chi connectivity index (χ0n) is 11.9. The topological polar surface area (TPSA) is 146 Å². The molecule has 4 atom stereocenters. The number of hydrogen-bond donors (Lipinski definition) is 5. The molecule has 2 heterocycles. The number of aromatic nitrogens is 2. The van der Waals surface area contributed by atoms with Crippen molar-refractivity contribution in [2.45, 2.75) is 24.5 Å². The molecule has 11 heteroatoms. The van der Waals surface area contributed by atoms with E-state index in [-0.39, 0.29) is 30.2 Å². The van der Waals surface area contributed by atoms with Crippen LogP contribution >= 0.6 is 12.2 Å². The summed E-state index contributed by atoms with van der Waals surface area (Å²) in [5, 5.41) is 31.0. The van der Waals surface area contributed by atoms with Gasteiger partial charge in [0.2, 0.25) is 0 Å². The number of carboxylic acids is 1. The van der Waals surface area contributed by atoms with Crippen LogP contribution in [0.25, 0.3) is 0 Å². The highest BCUT2D eigenvalue weighted by Crippen LogP contribution is 2.29. The van der Waals surface area contributed by atoms with Crippen LogP contribution in [-0.4, -0.2) is 69.0 Å². The predicted octanol–water partition coefficient (Wildman–Crippen LogP) is -1.83. The average Bonchev–Trinajstić information content (AvgIpc) is 2.75. The molecule has 0 spiro atoms. The zero-order valence-corrected chi connectivity index (χ0v) is 12.7. The summed E-state index contributed by atoms with van der Waals surface area (Å²) in [6.07, 6.45) is -2.90. The molecule has 0 aromatic carbocycles. The number of H-pyrrole nitrogens is 1. The van der Waals surface area contributed by atoms with Gasteiger partial charge in [0.15, 0.2) is 11.0 Å². The quantitative estimate of drug-likeness (QED) is 0.218. The summed E-state index contributed by atoms with van der Waals surface area (Å²) in [6, 6.07) is 1.22. The van der Waals surface area contributed by atoms with Gasteiger partial charge in [0, 0.05) is 12.3 Å². The molecule has 0 aliphatic carbocycles. The highest BCUT2D eigenvalue weighted by Gasteiger charge is 2.43. The first-order chi connectivity index (χ1) is 10.9. The van der Waals surface area contributed by atoms with Crippen LogP contribution in [0.5, 0.6) is 0 Å². The Morgan fingerprint density at radius 2 is 2.22 bits per heavy atom. The summed E-state index contributed by atoms with van der Waals surface area (Å²) in [5.41, 5.74) is -0.385. The fraction of sp³-hybridized carbons (Fsp3) is 0.583. The lowest BCUT2D eigenvalue weighted by Gasteiger charge is -2.17. The smallest absolute Gasteiger partial charge is 0.317 e. The van der Waals surface area contributed by atoms with Gasteiger partial charge in [0.1, 0.15) is 18.3 Å². The Labute approximate surface area is 135 Å². The maximum absolute atomic E-state index is 11.2. The van der Waals surface area contributed by atoms with Gasteiger partial charge >= 0.3 is 5.97 Å². The van der Waals surface area contributed by atoms with Crippen molar-refractivity contribution < 1.29 is 29.6 Å². The van der Waals surface area contributed by atoms with E-state index in [4.69, 9.17) is 26.8 Å². The Morgan fingerprint density at radius 3 is 2.87 bits per heavy atom. The Balaban J connectivity index is 1.94. The van der Waals surface area contributed by atoms with E-state index in [0.717, 1.165) is 0 Å². The monoisotopic (exact) mass is 347 g/mol. The van der Waals surface area contributed by atoms with Crippen LogP contribution < -0.4 is 10.9 Å². The van der Waals surface area contributed by atoms with Gasteiger partial charge in [0.05, 0.1) is 19.9 Å². The molecule has 5 N–H and O–H groups in total. The minimum absolute atomic E-state index is 0.0439. The number of hydrogen-bond acceptors (Lipinski definition) is 8. The number of ether oxygens (including phenoxy) is 2. The van der Waals surface area contributed by atoms with Crippen molar-refractivity contribution in [3.8, 4) is 0 Å². The largest absolute Gasteiger partial charge is 0.480 e. The van der Waals surface area contributed by atoms with E-state index in [0.29, 0.717) is 0 Å². The first kappa shape index (κ1) is 17.7. The summed E-state index contributed by atoms with van der Waals surface area (Å²) in [4.78, 5) is 23.9. The number of rotatable bonds is 7. The first-order valence-corrected chi connectivity index (χ1v) is 7.14. The fourth-order valence-corrected chi connectivity index (χ4v) is 2.39. The van der Waals surface area contributed by atoms with E-state index >= 15 is 0 Å². The third-order valence-corrected chi connectivity index (χ3v) is 3.54. The molecule has 1 fully saturated rings. The average molecular weight is 347 g/mol. The number of carboxylic acid groups (broad SMARTS) is 1. The molecule has 1 aliphatic rings. The Morgan fingerprint density at radius 1 is 1.48 bits per heavy atom. The fourth-order valence-electron chi connectivity index (χ4n) is 2.13. The van der Waals surface area contributed by atoms with Crippen LogP contribution in [0.3, 0.4) is 0 Å². The van der Waals surface area contributed by atoms with Crippen LogP contribution in [-0.2, 0) is 14.3 Å². The predicted molar refractivity (Wildman–Crippen MR) is 78.3 cm³/mol. The van der Waals surface area contributed by atoms with Crippen molar-refractivity contribution in [1.29, 1.82) is 0 Å². The van der Waals surface area contributed by atoms with E-state index in [2.05, 4.69) is 10.3 Å². The molecule has 23 heavy (non-hydrogen) atoms. The van der Waals surface area contributed by atoms with Gasteiger partial charge in [-0.2, -0.15) is 0 Å². The van der Waals surface area contributed by atoms with Crippen molar-refractivity contribution in [2.24, 2.45) is 0 Å². The summed E-state index contributed by atoms with van der Waals surface area (Å²) >= 11 is 4.99. The molecule has 1 aromatic rings. The molecular weight excluding hydrogens is 330 g/mol. The summed E-state index contributed by atoms with van der Waals surface area (Å²) < 4.78 is 12.1. The molecular formula is C12H17N3O7S. The Kier molecular flexibility index (Phi) is 5.98. The molecule has 2 rings (SSSR count). The number of aromatic amines is 1. The lowest BCUT2D eigenvalue weighted by atomic mass is 10.1. The highest BCUT2D eigenvalue weighted by molar-refractivity contribution is 7.71. The molecule has 2 unspecified atom stereocenters. The van der Waals surface area contributed by atoms with E-state index in [1.807, 2.05) is 0 Å². The molecule has 0 bridgehead atoms. The van der Waals surface area contributed by atoms with Crippen molar-refractivity contribution in [1.82, 2.24) is 14.9 Å². The minimum Gasteiger partial charge on any atom is -0.480 e. The molecule has 10 nitrogen and oxygen atoms in total. The van der Waals surface area contributed by atoms with Crippen molar-refractivity contribution in [2.75, 3.05) is 19.9 Å². The molecule has 0 amide bonds. The van der Waals surface area contributed by atoms with Crippen molar-refractivity contribution in [3.63, 3.8) is 0 Å². The van der Waals surface area contributed by atoms with Crippen molar-refractivity contribution in [3.05, 3.63) is 27.4 Å². The zero-order chi connectivity index (χ0) is 17.0. The summed E-state index contributed by atoms with van der Waals surface area (Å²) in [5.74, 6) is -1.02. The van der Waals surface area contributed by atoms with Crippen LogP contribution in [0.2, 0.25) is 0 Å².